The van der Waals surface area contributed by atoms with Gasteiger partial charge in [0.25, 0.3) is 0 Å². The standard InChI is InChI=1S/C16H20N4O3S2/c1-3-8-17-15-19-20-16(25-15)24-10-13(21)18-9-11-4-6-12(7-5-11)14(22)23-2/h4-7H,3,8-10H2,1-2H3,(H,17,19)(H,18,21). The van der Waals surface area contributed by atoms with E-state index in [0.29, 0.717) is 12.1 Å². The summed E-state index contributed by atoms with van der Waals surface area (Å²) in [6, 6.07) is 6.93. The highest BCUT2D eigenvalue weighted by Gasteiger charge is 2.08. The first-order valence-electron chi connectivity index (χ1n) is 7.76. The molecule has 0 aliphatic carbocycles. The molecule has 25 heavy (non-hydrogen) atoms. The summed E-state index contributed by atoms with van der Waals surface area (Å²) in [6.45, 7) is 3.34. The first-order chi connectivity index (χ1) is 12.1. The summed E-state index contributed by atoms with van der Waals surface area (Å²) >= 11 is 2.80. The molecule has 0 aliphatic heterocycles. The molecule has 0 atom stereocenters. The summed E-state index contributed by atoms with van der Waals surface area (Å²) < 4.78 is 5.41. The molecule has 2 N–H and O–H groups in total. The van der Waals surface area contributed by atoms with E-state index in [1.54, 1.807) is 24.3 Å². The molecule has 1 amide bonds. The fourth-order valence-corrected chi connectivity index (χ4v) is 3.43. The number of carbonyl (C=O) groups is 2. The predicted molar refractivity (Wildman–Crippen MR) is 99.0 cm³/mol. The Morgan fingerprint density at radius 1 is 1.24 bits per heavy atom. The van der Waals surface area contributed by atoms with Crippen LogP contribution in [-0.4, -0.2) is 41.5 Å². The summed E-state index contributed by atoms with van der Waals surface area (Å²) in [5.41, 5.74) is 1.39. The molecule has 2 rings (SSSR count). The van der Waals surface area contributed by atoms with E-state index in [-0.39, 0.29) is 17.6 Å². The Bertz CT molecular complexity index is 704. The fourth-order valence-electron chi connectivity index (χ4n) is 1.83. The quantitative estimate of drug-likeness (QED) is 0.510. The molecule has 0 saturated carbocycles. The second kappa shape index (κ2) is 10.00. The molecule has 0 radical (unpaired) electrons. The molecule has 0 bridgehead atoms. The van der Waals surface area contributed by atoms with Gasteiger partial charge in [0.2, 0.25) is 11.0 Å². The van der Waals surface area contributed by atoms with Crippen molar-refractivity contribution >= 4 is 40.1 Å². The van der Waals surface area contributed by atoms with Gasteiger partial charge in [-0.2, -0.15) is 0 Å². The maximum Gasteiger partial charge on any atom is 0.337 e. The first kappa shape index (κ1) is 19.2. The van der Waals surface area contributed by atoms with E-state index in [1.165, 1.54) is 30.2 Å². The number of aromatic nitrogens is 2. The molecule has 0 unspecified atom stereocenters. The maximum atomic E-state index is 11.9. The van der Waals surface area contributed by atoms with Gasteiger partial charge >= 0.3 is 5.97 Å². The van der Waals surface area contributed by atoms with Crippen molar-refractivity contribution in [2.45, 2.75) is 24.2 Å². The molecule has 9 heteroatoms. The van der Waals surface area contributed by atoms with Crippen molar-refractivity contribution in [3.05, 3.63) is 35.4 Å². The van der Waals surface area contributed by atoms with Crippen LogP contribution < -0.4 is 10.6 Å². The molecular weight excluding hydrogens is 360 g/mol. The Balaban J connectivity index is 1.73. The Hall–Kier alpha value is -2.13. The lowest BCUT2D eigenvalue weighted by molar-refractivity contribution is -0.118. The number of rotatable bonds is 9. The maximum absolute atomic E-state index is 11.9. The van der Waals surface area contributed by atoms with Gasteiger partial charge in [-0.1, -0.05) is 42.2 Å². The molecule has 7 nitrogen and oxygen atoms in total. The lowest BCUT2D eigenvalue weighted by atomic mass is 10.1. The van der Waals surface area contributed by atoms with Crippen LogP contribution in [-0.2, 0) is 16.1 Å². The summed E-state index contributed by atoms with van der Waals surface area (Å²) in [5.74, 6) is -0.181. The minimum Gasteiger partial charge on any atom is -0.465 e. The molecule has 2 aromatic rings. The third-order valence-electron chi connectivity index (χ3n) is 3.12. The Morgan fingerprint density at radius 3 is 2.68 bits per heavy atom. The van der Waals surface area contributed by atoms with Crippen molar-refractivity contribution in [1.82, 2.24) is 15.5 Å². The number of methoxy groups -OCH3 is 1. The van der Waals surface area contributed by atoms with E-state index in [4.69, 9.17) is 0 Å². The van der Waals surface area contributed by atoms with E-state index in [9.17, 15) is 9.59 Å². The average Bonchev–Trinajstić information content (AvgIpc) is 3.10. The minimum absolute atomic E-state index is 0.0830. The summed E-state index contributed by atoms with van der Waals surface area (Å²) in [5, 5.41) is 14.8. The number of nitrogens with zero attached hydrogens (tertiary/aromatic N) is 2. The van der Waals surface area contributed by atoms with E-state index >= 15 is 0 Å². The largest absolute Gasteiger partial charge is 0.465 e. The van der Waals surface area contributed by atoms with Gasteiger partial charge in [-0.25, -0.2) is 4.79 Å². The number of nitrogens with one attached hydrogen (secondary N) is 2. The molecule has 0 fully saturated rings. The van der Waals surface area contributed by atoms with Gasteiger partial charge in [-0.15, -0.1) is 10.2 Å². The Labute approximate surface area is 154 Å². The molecule has 0 saturated heterocycles. The van der Waals surface area contributed by atoms with Gasteiger partial charge in [-0.3, -0.25) is 4.79 Å². The van der Waals surface area contributed by atoms with Gasteiger partial charge in [0.1, 0.15) is 0 Å². The van der Waals surface area contributed by atoms with Crippen LogP contribution in [0, 0.1) is 0 Å². The number of ether oxygens (including phenoxy) is 1. The van der Waals surface area contributed by atoms with Crippen molar-refractivity contribution in [3.8, 4) is 0 Å². The number of esters is 1. The normalized spacial score (nSPS) is 10.3. The minimum atomic E-state index is -0.378. The molecule has 1 aromatic heterocycles. The van der Waals surface area contributed by atoms with Gasteiger partial charge in [0.05, 0.1) is 18.4 Å². The molecule has 134 valence electrons. The zero-order valence-corrected chi connectivity index (χ0v) is 15.7. The van der Waals surface area contributed by atoms with Crippen LogP contribution in [0.3, 0.4) is 0 Å². The number of anilines is 1. The van der Waals surface area contributed by atoms with Crippen molar-refractivity contribution in [1.29, 1.82) is 0 Å². The van der Waals surface area contributed by atoms with Gasteiger partial charge < -0.3 is 15.4 Å². The van der Waals surface area contributed by atoms with Crippen LogP contribution in [0.5, 0.6) is 0 Å². The van der Waals surface area contributed by atoms with Gasteiger partial charge in [0.15, 0.2) is 4.34 Å². The molecule has 1 heterocycles. The summed E-state index contributed by atoms with van der Waals surface area (Å²) in [4.78, 5) is 23.3. The number of carbonyl (C=O) groups excluding carboxylic acids is 2. The van der Waals surface area contributed by atoms with Crippen molar-refractivity contribution in [2.75, 3.05) is 24.7 Å². The number of hydrogen-bond donors (Lipinski definition) is 2. The van der Waals surface area contributed by atoms with Crippen LogP contribution in [0.15, 0.2) is 28.6 Å². The average molecular weight is 380 g/mol. The highest BCUT2D eigenvalue weighted by Crippen LogP contribution is 2.25. The smallest absolute Gasteiger partial charge is 0.337 e. The van der Waals surface area contributed by atoms with E-state index in [1.807, 2.05) is 0 Å². The Kier molecular flexibility index (Phi) is 7.68. The molecule has 0 aliphatic rings. The number of thioether (sulfide) groups is 1. The van der Waals surface area contributed by atoms with E-state index < -0.39 is 0 Å². The second-order valence-corrected chi connectivity index (χ2v) is 7.25. The van der Waals surface area contributed by atoms with Crippen molar-refractivity contribution < 1.29 is 14.3 Å². The van der Waals surface area contributed by atoms with Crippen molar-refractivity contribution in [2.24, 2.45) is 0 Å². The predicted octanol–water partition coefficient (Wildman–Crippen LogP) is 2.56. The Morgan fingerprint density at radius 2 is 2.00 bits per heavy atom. The highest BCUT2D eigenvalue weighted by molar-refractivity contribution is 8.01. The number of hydrogen-bond acceptors (Lipinski definition) is 8. The number of amides is 1. The third-order valence-corrected chi connectivity index (χ3v) is 5.14. The summed E-state index contributed by atoms with van der Waals surface area (Å²) in [6.07, 6.45) is 1.02. The van der Waals surface area contributed by atoms with Crippen LogP contribution >= 0.6 is 23.1 Å². The fraction of sp³-hybridized carbons (Fsp3) is 0.375. The lowest BCUT2D eigenvalue weighted by Gasteiger charge is -2.05. The zero-order valence-electron chi connectivity index (χ0n) is 14.1. The van der Waals surface area contributed by atoms with Gasteiger partial charge in [-0.05, 0) is 24.1 Å². The lowest BCUT2D eigenvalue weighted by Crippen LogP contribution is -2.24. The molecule has 1 aromatic carbocycles. The van der Waals surface area contributed by atoms with E-state index in [2.05, 4.69) is 32.5 Å². The van der Waals surface area contributed by atoms with Gasteiger partial charge in [0, 0.05) is 13.1 Å². The zero-order chi connectivity index (χ0) is 18.1. The second-order valence-electron chi connectivity index (χ2n) is 5.05. The third kappa shape index (κ3) is 6.35. The SMILES string of the molecule is CCCNc1nnc(SCC(=O)NCc2ccc(C(=O)OC)cc2)s1. The summed E-state index contributed by atoms with van der Waals surface area (Å²) in [7, 11) is 1.34. The topological polar surface area (TPSA) is 93.2 Å². The van der Waals surface area contributed by atoms with Crippen LogP contribution in [0.2, 0.25) is 0 Å². The highest BCUT2D eigenvalue weighted by atomic mass is 32.2. The van der Waals surface area contributed by atoms with Crippen molar-refractivity contribution in [3.63, 3.8) is 0 Å². The first-order valence-corrected chi connectivity index (χ1v) is 9.56. The molecule has 0 spiro atoms. The van der Waals surface area contributed by atoms with Crippen LogP contribution in [0.25, 0.3) is 0 Å². The monoisotopic (exact) mass is 380 g/mol. The van der Waals surface area contributed by atoms with Crippen LogP contribution in [0.4, 0.5) is 5.13 Å². The van der Waals surface area contributed by atoms with Crippen LogP contribution in [0.1, 0.15) is 29.3 Å². The number of benzene rings is 1. The van der Waals surface area contributed by atoms with E-state index in [0.717, 1.165) is 28.0 Å². The molecular formula is C16H20N4O3S2.